The number of benzene rings is 1. The Bertz CT molecular complexity index is 830. The Kier molecular flexibility index (Phi) is 4.42. The van der Waals surface area contributed by atoms with Gasteiger partial charge in [0.2, 0.25) is 0 Å². The molecule has 4 rings (SSSR count). The topological polar surface area (TPSA) is 70.8 Å². The van der Waals surface area contributed by atoms with Crippen molar-refractivity contribution in [1.29, 1.82) is 0 Å². The van der Waals surface area contributed by atoms with Crippen LogP contribution in [0.3, 0.4) is 0 Å². The van der Waals surface area contributed by atoms with E-state index in [9.17, 15) is 9.90 Å². The number of aliphatic hydroxyl groups is 1. The maximum Gasteiger partial charge on any atom is 0.254 e. The number of aromatic nitrogens is 2. The first-order valence-electron chi connectivity index (χ1n) is 8.95. The van der Waals surface area contributed by atoms with Gasteiger partial charge in [-0.1, -0.05) is 0 Å². The van der Waals surface area contributed by atoms with Gasteiger partial charge in [0, 0.05) is 25.1 Å². The molecule has 1 N–H and O–H groups in total. The summed E-state index contributed by atoms with van der Waals surface area (Å²) >= 11 is 0. The predicted molar refractivity (Wildman–Crippen MR) is 96.1 cm³/mol. The minimum atomic E-state index is -0.621. The molecule has 0 saturated heterocycles. The number of nitrogens with zero attached hydrogens (tertiary/aromatic N) is 4. The lowest BCUT2D eigenvalue weighted by Gasteiger charge is -2.27. The van der Waals surface area contributed by atoms with Crippen LogP contribution in [0.5, 0.6) is 5.75 Å². The second-order valence-electron chi connectivity index (χ2n) is 7.21. The summed E-state index contributed by atoms with van der Waals surface area (Å²) in [6.45, 7) is 2.98. The van der Waals surface area contributed by atoms with Crippen molar-refractivity contribution < 1.29 is 14.6 Å². The van der Waals surface area contributed by atoms with Crippen LogP contribution in [0.4, 0.5) is 0 Å². The van der Waals surface area contributed by atoms with Gasteiger partial charge in [-0.05, 0) is 43.9 Å². The molecule has 2 aliphatic heterocycles. The SMILES string of the molecule is CN(C)CC(O)c1cc2n(n1)CCN(C(=O)c1ccc3c(c1)CCO3)C2. The van der Waals surface area contributed by atoms with Crippen LogP contribution in [-0.2, 0) is 19.5 Å². The van der Waals surface area contributed by atoms with Crippen molar-refractivity contribution in [2.24, 2.45) is 0 Å². The zero-order valence-electron chi connectivity index (χ0n) is 15.2. The quantitative estimate of drug-likeness (QED) is 0.887. The average Bonchev–Trinajstić information content (AvgIpc) is 3.25. The highest BCUT2D eigenvalue weighted by Crippen LogP contribution is 2.27. The Morgan fingerprint density at radius 3 is 3.00 bits per heavy atom. The van der Waals surface area contributed by atoms with E-state index in [1.807, 2.05) is 52.8 Å². The van der Waals surface area contributed by atoms with E-state index in [2.05, 4.69) is 5.10 Å². The molecule has 26 heavy (non-hydrogen) atoms. The standard InChI is InChI=1S/C19H24N4O3/c1-21(2)12-17(24)16-10-15-11-22(6-7-23(15)20-16)19(25)14-3-4-18-13(9-14)5-8-26-18/h3-4,9-10,17,24H,5-8,11-12H2,1-2H3. The van der Waals surface area contributed by atoms with Crippen molar-refractivity contribution in [3.8, 4) is 5.75 Å². The normalized spacial score (nSPS) is 17.0. The van der Waals surface area contributed by atoms with E-state index in [1.54, 1.807) is 0 Å². The third-order valence-corrected chi connectivity index (χ3v) is 4.92. The lowest BCUT2D eigenvalue weighted by molar-refractivity contribution is 0.0705. The Balaban J connectivity index is 1.49. The summed E-state index contributed by atoms with van der Waals surface area (Å²) in [5.41, 5.74) is 3.43. The smallest absolute Gasteiger partial charge is 0.254 e. The third-order valence-electron chi connectivity index (χ3n) is 4.92. The number of amides is 1. The van der Waals surface area contributed by atoms with Crippen LogP contribution in [-0.4, -0.2) is 64.4 Å². The van der Waals surface area contributed by atoms with Crippen LogP contribution >= 0.6 is 0 Å². The molecule has 7 nitrogen and oxygen atoms in total. The van der Waals surface area contributed by atoms with E-state index < -0.39 is 6.10 Å². The third kappa shape index (κ3) is 3.20. The summed E-state index contributed by atoms with van der Waals surface area (Å²) in [7, 11) is 3.84. The van der Waals surface area contributed by atoms with Crippen molar-refractivity contribution in [2.45, 2.75) is 25.6 Å². The van der Waals surface area contributed by atoms with Crippen LogP contribution in [0.2, 0.25) is 0 Å². The second-order valence-corrected chi connectivity index (χ2v) is 7.21. The molecule has 138 valence electrons. The van der Waals surface area contributed by atoms with Crippen LogP contribution in [0.1, 0.15) is 33.4 Å². The minimum absolute atomic E-state index is 0.0301. The molecule has 3 heterocycles. The van der Waals surface area contributed by atoms with Gasteiger partial charge < -0.3 is 19.6 Å². The van der Waals surface area contributed by atoms with E-state index in [4.69, 9.17) is 4.74 Å². The maximum absolute atomic E-state index is 12.9. The zero-order valence-corrected chi connectivity index (χ0v) is 15.2. The molecule has 1 aromatic carbocycles. The average molecular weight is 356 g/mol. The fourth-order valence-electron chi connectivity index (χ4n) is 3.57. The zero-order chi connectivity index (χ0) is 18.3. The maximum atomic E-state index is 12.9. The van der Waals surface area contributed by atoms with Gasteiger partial charge in [0.25, 0.3) is 5.91 Å². The van der Waals surface area contributed by atoms with Gasteiger partial charge in [0.05, 0.1) is 31.1 Å². The van der Waals surface area contributed by atoms with Crippen molar-refractivity contribution in [2.75, 3.05) is 33.8 Å². The van der Waals surface area contributed by atoms with Crippen molar-refractivity contribution in [1.82, 2.24) is 19.6 Å². The minimum Gasteiger partial charge on any atom is -0.493 e. The van der Waals surface area contributed by atoms with Gasteiger partial charge in [0.15, 0.2) is 0 Å². The molecule has 0 spiro atoms. The Hall–Kier alpha value is -2.38. The van der Waals surface area contributed by atoms with E-state index >= 15 is 0 Å². The van der Waals surface area contributed by atoms with Crippen LogP contribution in [0, 0.1) is 0 Å². The molecular weight excluding hydrogens is 332 g/mol. The molecule has 1 aromatic heterocycles. The lowest BCUT2D eigenvalue weighted by atomic mass is 10.1. The molecule has 7 heteroatoms. The molecule has 1 amide bonds. The number of hydrogen-bond donors (Lipinski definition) is 1. The Morgan fingerprint density at radius 1 is 1.35 bits per heavy atom. The summed E-state index contributed by atoms with van der Waals surface area (Å²) in [5.74, 6) is 0.917. The molecule has 0 saturated carbocycles. The first kappa shape index (κ1) is 17.1. The van der Waals surface area contributed by atoms with Crippen LogP contribution in [0.15, 0.2) is 24.3 Å². The highest BCUT2D eigenvalue weighted by molar-refractivity contribution is 5.94. The second kappa shape index (κ2) is 6.74. The first-order chi connectivity index (χ1) is 12.5. The van der Waals surface area contributed by atoms with Crippen molar-refractivity contribution >= 4 is 5.91 Å². The van der Waals surface area contributed by atoms with Crippen molar-refractivity contribution in [3.05, 3.63) is 46.8 Å². The number of carbonyl (C=O) groups excluding carboxylic acids is 1. The number of fused-ring (bicyclic) bond motifs is 2. The van der Waals surface area contributed by atoms with Gasteiger partial charge in [-0.3, -0.25) is 9.48 Å². The van der Waals surface area contributed by atoms with E-state index in [-0.39, 0.29) is 5.91 Å². The molecule has 0 aliphatic carbocycles. The monoisotopic (exact) mass is 356 g/mol. The van der Waals surface area contributed by atoms with Crippen molar-refractivity contribution in [3.63, 3.8) is 0 Å². The van der Waals surface area contributed by atoms with E-state index in [0.29, 0.717) is 44.0 Å². The number of rotatable bonds is 4. The summed E-state index contributed by atoms with van der Waals surface area (Å²) in [5, 5.41) is 14.8. The summed E-state index contributed by atoms with van der Waals surface area (Å²) < 4.78 is 7.41. The van der Waals surface area contributed by atoms with Gasteiger partial charge in [0.1, 0.15) is 11.9 Å². The number of likely N-dealkylation sites (N-methyl/N-ethyl adjacent to an activating group) is 1. The summed E-state index contributed by atoms with van der Waals surface area (Å²) in [4.78, 5) is 16.7. The molecule has 0 bridgehead atoms. The number of hydrogen-bond acceptors (Lipinski definition) is 5. The number of aliphatic hydroxyl groups excluding tert-OH is 1. The number of carbonyl (C=O) groups is 1. The molecular formula is C19H24N4O3. The molecule has 0 fully saturated rings. The summed E-state index contributed by atoms with van der Waals surface area (Å²) in [6.07, 6.45) is 0.236. The highest BCUT2D eigenvalue weighted by Gasteiger charge is 2.26. The molecule has 2 aromatic rings. The predicted octanol–water partition coefficient (Wildman–Crippen LogP) is 1.07. The first-order valence-corrected chi connectivity index (χ1v) is 8.95. The fraction of sp³-hybridized carbons (Fsp3) is 0.474. The van der Waals surface area contributed by atoms with Gasteiger partial charge in [-0.2, -0.15) is 5.10 Å². The Morgan fingerprint density at radius 2 is 2.19 bits per heavy atom. The molecule has 1 atom stereocenters. The Labute approximate surface area is 152 Å². The van der Waals surface area contributed by atoms with Crippen LogP contribution in [0.25, 0.3) is 0 Å². The van der Waals surface area contributed by atoms with Gasteiger partial charge in [-0.25, -0.2) is 0 Å². The lowest BCUT2D eigenvalue weighted by Crippen LogP contribution is -2.38. The molecule has 0 radical (unpaired) electrons. The molecule has 2 aliphatic rings. The van der Waals surface area contributed by atoms with E-state index in [0.717, 1.165) is 23.4 Å². The highest BCUT2D eigenvalue weighted by atomic mass is 16.5. The van der Waals surface area contributed by atoms with E-state index in [1.165, 1.54) is 0 Å². The largest absolute Gasteiger partial charge is 0.493 e. The van der Waals surface area contributed by atoms with Crippen LogP contribution < -0.4 is 4.74 Å². The van der Waals surface area contributed by atoms with Gasteiger partial charge >= 0.3 is 0 Å². The molecule has 1 unspecified atom stereocenters. The number of ether oxygens (including phenoxy) is 1. The fourth-order valence-corrected chi connectivity index (χ4v) is 3.57. The summed E-state index contributed by atoms with van der Waals surface area (Å²) in [6, 6.07) is 7.58. The van der Waals surface area contributed by atoms with Gasteiger partial charge in [-0.15, -0.1) is 0 Å².